The first kappa shape index (κ1) is 24.8. The van der Waals surface area contributed by atoms with Gasteiger partial charge in [-0.2, -0.15) is 0 Å². The Morgan fingerprint density at radius 3 is 2.40 bits per heavy atom. The van der Waals surface area contributed by atoms with Crippen LogP contribution in [0, 0.1) is 0 Å². The van der Waals surface area contributed by atoms with Gasteiger partial charge in [-0.1, -0.05) is 29.8 Å². The van der Waals surface area contributed by atoms with Crippen LogP contribution in [0.25, 0.3) is 0 Å². The summed E-state index contributed by atoms with van der Waals surface area (Å²) >= 11 is 5.92. The molecule has 0 saturated carbocycles. The van der Waals surface area contributed by atoms with Crippen LogP contribution in [-0.4, -0.2) is 79.7 Å². The molecule has 2 aliphatic rings. The minimum absolute atomic E-state index is 0.0194. The fraction of sp³-hybridized carbons (Fsp3) is 0.400. The summed E-state index contributed by atoms with van der Waals surface area (Å²) in [6.07, 6.45) is 0.938. The molecule has 2 aromatic rings. The number of hydrogen-bond donors (Lipinski definition) is 2. The molecule has 9 nitrogen and oxygen atoms in total. The number of hydrogen-bond acceptors (Lipinski definition) is 5. The first-order valence-electron chi connectivity index (χ1n) is 11.6. The highest BCUT2D eigenvalue weighted by atomic mass is 35.5. The van der Waals surface area contributed by atoms with Crippen LogP contribution in [0.15, 0.2) is 54.6 Å². The zero-order chi connectivity index (χ0) is 24.8. The molecule has 2 N–H and O–H groups in total. The van der Waals surface area contributed by atoms with Gasteiger partial charge in [-0.15, -0.1) is 0 Å². The van der Waals surface area contributed by atoms with E-state index >= 15 is 0 Å². The number of nitrogens with one attached hydrogen (secondary N) is 2. The first-order chi connectivity index (χ1) is 16.9. The molecule has 0 bridgehead atoms. The minimum atomic E-state index is -0.800. The van der Waals surface area contributed by atoms with E-state index < -0.39 is 5.54 Å². The molecule has 2 saturated heterocycles. The number of ether oxygens (including phenoxy) is 1. The van der Waals surface area contributed by atoms with Gasteiger partial charge in [0.2, 0.25) is 5.91 Å². The molecule has 0 atom stereocenters. The number of para-hydroxylation sites is 1. The minimum Gasteiger partial charge on any atom is -0.383 e. The molecule has 2 heterocycles. The molecule has 4 amide bonds. The third kappa shape index (κ3) is 5.52. The van der Waals surface area contributed by atoms with Crippen molar-refractivity contribution >= 4 is 40.8 Å². The second-order valence-corrected chi connectivity index (χ2v) is 9.14. The zero-order valence-corrected chi connectivity index (χ0v) is 20.5. The number of rotatable bonds is 7. The van der Waals surface area contributed by atoms with Crippen molar-refractivity contribution in [2.75, 3.05) is 56.8 Å². The maximum atomic E-state index is 13.7. The second-order valence-electron chi connectivity index (χ2n) is 8.71. The molecule has 0 unspecified atom stereocenters. The molecular formula is C25H30ClN5O4. The average Bonchev–Trinajstić information content (AvgIpc) is 3.12. The maximum absolute atomic E-state index is 13.7. The van der Waals surface area contributed by atoms with Gasteiger partial charge in [-0.3, -0.25) is 9.59 Å². The summed E-state index contributed by atoms with van der Waals surface area (Å²) in [6.45, 7) is 1.94. The van der Waals surface area contributed by atoms with Crippen molar-refractivity contribution in [3.63, 3.8) is 0 Å². The van der Waals surface area contributed by atoms with Crippen molar-refractivity contribution < 1.29 is 19.1 Å². The number of anilines is 2. The highest BCUT2D eigenvalue weighted by molar-refractivity contribution is 6.30. The van der Waals surface area contributed by atoms with Gasteiger partial charge in [-0.25, -0.2) is 4.79 Å². The molecule has 0 aliphatic carbocycles. The van der Waals surface area contributed by atoms with Gasteiger partial charge in [0, 0.05) is 43.1 Å². The lowest BCUT2D eigenvalue weighted by atomic mass is 9.85. The van der Waals surface area contributed by atoms with Gasteiger partial charge in [0.15, 0.2) is 0 Å². The predicted molar refractivity (Wildman–Crippen MR) is 134 cm³/mol. The third-order valence-electron chi connectivity index (χ3n) is 6.52. The van der Waals surface area contributed by atoms with Crippen molar-refractivity contribution in [3.8, 4) is 0 Å². The number of benzene rings is 2. The SMILES string of the molecule is COCCNC(=O)CN1CN(c2ccccc2)C2(CCN(C(=O)Nc3ccc(Cl)cc3)CC2)C1=O. The number of methoxy groups -OCH3 is 1. The van der Waals surface area contributed by atoms with Crippen molar-refractivity contribution in [1.29, 1.82) is 0 Å². The van der Waals surface area contributed by atoms with Crippen LogP contribution in [0.4, 0.5) is 16.2 Å². The third-order valence-corrected chi connectivity index (χ3v) is 6.77. The number of urea groups is 1. The average molecular weight is 500 g/mol. The van der Waals surface area contributed by atoms with Crippen LogP contribution in [0.2, 0.25) is 5.02 Å². The van der Waals surface area contributed by atoms with Crippen molar-refractivity contribution in [2.24, 2.45) is 0 Å². The summed E-state index contributed by atoms with van der Waals surface area (Å²) in [4.78, 5) is 44.3. The molecule has 0 radical (unpaired) electrons. The molecule has 2 aliphatic heterocycles. The van der Waals surface area contributed by atoms with E-state index in [1.807, 2.05) is 30.3 Å². The van der Waals surface area contributed by atoms with Crippen LogP contribution in [0.5, 0.6) is 0 Å². The number of halogens is 1. The Balaban J connectivity index is 1.46. The van der Waals surface area contributed by atoms with Crippen LogP contribution in [0.1, 0.15) is 12.8 Å². The quantitative estimate of drug-likeness (QED) is 0.571. The second kappa shape index (κ2) is 11.0. The van der Waals surface area contributed by atoms with E-state index in [0.717, 1.165) is 5.69 Å². The highest BCUT2D eigenvalue weighted by Crippen LogP contribution is 2.39. The summed E-state index contributed by atoms with van der Waals surface area (Å²) in [5, 5.41) is 6.27. The Morgan fingerprint density at radius 2 is 1.74 bits per heavy atom. The van der Waals surface area contributed by atoms with E-state index in [0.29, 0.717) is 56.5 Å². The Kier molecular flexibility index (Phi) is 7.77. The van der Waals surface area contributed by atoms with E-state index in [2.05, 4.69) is 15.5 Å². The van der Waals surface area contributed by atoms with Crippen LogP contribution >= 0.6 is 11.6 Å². The lowest BCUT2D eigenvalue weighted by Gasteiger charge is -2.43. The molecule has 35 heavy (non-hydrogen) atoms. The Labute approximate surface area is 210 Å². The summed E-state index contributed by atoms with van der Waals surface area (Å²) in [7, 11) is 1.57. The van der Waals surface area contributed by atoms with Gasteiger partial charge in [0.1, 0.15) is 12.1 Å². The number of carbonyl (C=O) groups excluding carboxylic acids is 3. The standard InChI is InChI=1S/C25H30ClN5O4/c1-35-16-13-27-22(32)17-30-18-31(21-5-3-2-4-6-21)25(23(30)33)11-14-29(15-12-25)24(34)28-20-9-7-19(26)8-10-20/h2-10H,11-18H2,1H3,(H,27,32)(H,28,34). The Morgan fingerprint density at radius 1 is 1.06 bits per heavy atom. The molecule has 10 heteroatoms. The fourth-order valence-corrected chi connectivity index (χ4v) is 4.79. The van der Waals surface area contributed by atoms with Crippen LogP contribution in [-0.2, 0) is 14.3 Å². The zero-order valence-electron chi connectivity index (χ0n) is 19.7. The highest BCUT2D eigenvalue weighted by Gasteiger charge is 2.54. The number of likely N-dealkylation sites (tertiary alicyclic amines) is 1. The number of carbonyl (C=O) groups is 3. The summed E-state index contributed by atoms with van der Waals surface area (Å²) < 4.78 is 4.97. The normalized spacial score (nSPS) is 17.1. The van der Waals surface area contributed by atoms with Gasteiger partial charge in [0.25, 0.3) is 5.91 Å². The van der Waals surface area contributed by atoms with Gasteiger partial charge in [-0.05, 0) is 49.2 Å². The summed E-state index contributed by atoms with van der Waals surface area (Å²) in [5.74, 6) is -0.304. The van der Waals surface area contributed by atoms with Crippen LogP contribution < -0.4 is 15.5 Å². The van der Waals surface area contributed by atoms with E-state index in [9.17, 15) is 14.4 Å². The summed E-state index contributed by atoms with van der Waals surface area (Å²) in [6, 6.07) is 16.5. The number of nitrogens with zero attached hydrogens (tertiary/aromatic N) is 3. The molecule has 2 fully saturated rings. The maximum Gasteiger partial charge on any atom is 0.321 e. The largest absolute Gasteiger partial charge is 0.383 e. The van der Waals surface area contributed by atoms with Gasteiger partial charge >= 0.3 is 6.03 Å². The van der Waals surface area contributed by atoms with E-state index in [1.54, 1.807) is 41.2 Å². The van der Waals surface area contributed by atoms with E-state index in [-0.39, 0.29) is 24.4 Å². The first-order valence-corrected chi connectivity index (χ1v) is 12.0. The van der Waals surface area contributed by atoms with Crippen LogP contribution in [0.3, 0.4) is 0 Å². The fourth-order valence-electron chi connectivity index (χ4n) is 4.66. The van der Waals surface area contributed by atoms with Crippen molar-refractivity contribution in [3.05, 3.63) is 59.6 Å². The smallest absolute Gasteiger partial charge is 0.321 e. The van der Waals surface area contributed by atoms with Crippen molar-refractivity contribution in [1.82, 2.24) is 15.1 Å². The molecule has 2 aromatic carbocycles. The van der Waals surface area contributed by atoms with E-state index in [1.165, 1.54) is 0 Å². The summed E-state index contributed by atoms with van der Waals surface area (Å²) in [5.41, 5.74) is 0.779. The number of amides is 4. The Bertz CT molecular complexity index is 1040. The Hall–Kier alpha value is -3.30. The molecule has 0 aromatic heterocycles. The van der Waals surface area contributed by atoms with Gasteiger partial charge < -0.3 is 30.1 Å². The molecular weight excluding hydrogens is 470 g/mol. The lowest BCUT2D eigenvalue weighted by Crippen LogP contribution is -2.58. The number of piperidine rings is 1. The topological polar surface area (TPSA) is 94.2 Å². The van der Waals surface area contributed by atoms with E-state index in [4.69, 9.17) is 16.3 Å². The predicted octanol–water partition coefficient (Wildman–Crippen LogP) is 2.78. The van der Waals surface area contributed by atoms with Crippen molar-refractivity contribution in [2.45, 2.75) is 18.4 Å². The lowest BCUT2D eigenvalue weighted by molar-refractivity contribution is -0.137. The molecule has 4 rings (SSSR count). The monoisotopic (exact) mass is 499 g/mol. The molecule has 186 valence electrons. The molecule has 1 spiro atoms. The van der Waals surface area contributed by atoms with Gasteiger partial charge in [0.05, 0.1) is 13.3 Å².